The molecule has 0 aliphatic rings. The summed E-state index contributed by atoms with van der Waals surface area (Å²) in [7, 11) is 0. The van der Waals surface area contributed by atoms with Crippen molar-refractivity contribution in [2.45, 2.75) is 25.7 Å². The molecule has 0 unspecified atom stereocenters. The Morgan fingerprint density at radius 1 is 0.913 bits per heavy atom. The highest BCUT2D eigenvalue weighted by Gasteiger charge is 2.03. The maximum Gasteiger partial charge on any atom is 0.224 e. The van der Waals surface area contributed by atoms with Crippen LogP contribution in [0.25, 0.3) is 0 Å². The lowest BCUT2D eigenvalue weighted by Gasteiger charge is -2.07. The van der Waals surface area contributed by atoms with Crippen LogP contribution in [0, 0.1) is 0 Å². The van der Waals surface area contributed by atoms with E-state index in [1.807, 2.05) is 42.5 Å². The summed E-state index contributed by atoms with van der Waals surface area (Å²) in [5.41, 5.74) is 5.94. The number of hydrogen-bond donors (Lipinski definition) is 3. The Kier molecular flexibility index (Phi) is 8.98. The number of hydrazine groups is 1. The van der Waals surface area contributed by atoms with Gasteiger partial charge in [0.15, 0.2) is 0 Å². The lowest BCUT2D eigenvalue weighted by atomic mass is 10.1. The summed E-state index contributed by atoms with van der Waals surface area (Å²) >= 11 is 0. The molecule has 0 aliphatic carbocycles. The van der Waals surface area contributed by atoms with Gasteiger partial charge in [0.05, 0.1) is 0 Å². The van der Waals surface area contributed by atoms with E-state index in [1.54, 1.807) is 0 Å². The lowest BCUT2D eigenvalue weighted by Crippen LogP contribution is -2.24. The molecule has 4 nitrogen and oxygen atoms in total. The SMILES string of the molecule is Cl.NNCCc1ccc(NC(=O)CCCc2ccccc2)cc1. The summed E-state index contributed by atoms with van der Waals surface area (Å²) in [5.74, 6) is 5.32. The first-order valence-corrected chi connectivity index (χ1v) is 7.64. The molecule has 0 heterocycles. The standard InChI is InChI=1S/C18H23N3O.ClH/c19-20-14-13-16-9-11-17(12-10-16)21-18(22)8-4-7-15-5-2-1-3-6-15;/h1-3,5-6,9-12,20H,4,7-8,13-14,19H2,(H,21,22);1H. The highest BCUT2D eigenvalue weighted by atomic mass is 35.5. The number of benzene rings is 2. The third-order valence-corrected chi connectivity index (χ3v) is 3.51. The van der Waals surface area contributed by atoms with E-state index in [2.05, 4.69) is 22.9 Å². The van der Waals surface area contributed by atoms with Crippen molar-refractivity contribution in [3.63, 3.8) is 0 Å². The van der Waals surface area contributed by atoms with E-state index in [1.165, 1.54) is 11.1 Å². The molecule has 1 amide bonds. The zero-order valence-corrected chi connectivity index (χ0v) is 13.9. The molecule has 4 N–H and O–H groups in total. The normalized spacial score (nSPS) is 9.96. The van der Waals surface area contributed by atoms with Crippen LogP contribution in [0.1, 0.15) is 24.0 Å². The van der Waals surface area contributed by atoms with Crippen molar-refractivity contribution in [3.05, 3.63) is 65.7 Å². The van der Waals surface area contributed by atoms with E-state index in [-0.39, 0.29) is 18.3 Å². The maximum absolute atomic E-state index is 11.9. The summed E-state index contributed by atoms with van der Waals surface area (Å²) in [6, 6.07) is 18.1. The zero-order chi connectivity index (χ0) is 15.6. The molecule has 0 fully saturated rings. The second kappa shape index (κ2) is 10.8. The predicted molar refractivity (Wildman–Crippen MR) is 97.6 cm³/mol. The summed E-state index contributed by atoms with van der Waals surface area (Å²) in [6.07, 6.45) is 3.20. The first kappa shape index (κ1) is 19.2. The Balaban J connectivity index is 0.00000264. The van der Waals surface area contributed by atoms with Crippen LogP contribution in [0.15, 0.2) is 54.6 Å². The van der Waals surface area contributed by atoms with Crippen LogP contribution in [0.5, 0.6) is 0 Å². The Morgan fingerprint density at radius 2 is 1.57 bits per heavy atom. The van der Waals surface area contributed by atoms with Crippen molar-refractivity contribution in [1.82, 2.24) is 5.43 Å². The average molecular weight is 334 g/mol. The fraction of sp³-hybridized carbons (Fsp3) is 0.278. The average Bonchev–Trinajstić information content (AvgIpc) is 2.55. The van der Waals surface area contributed by atoms with Gasteiger partial charge in [0.1, 0.15) is 0 Å². The summed E-state index contributed by atoms with van der Waals surface area (Å²) in [6.45, 7) is 0.741. The van der Waals surface area contributed by atoms with Crippen LogP contribution >= 0.6 is 12.4 Å². The summed E-state index contributed by atoms with van der Waals surface area (Å²) in [5, 5.41) is 2.93. The third-order valence-electron chi connectivity index (χ3n) is 3.51. The molecule has 5 heteroatoms. The van der Waals surface area contributed by atoms with Crippen LogP contribution in [-0.4, -0.2) is 12.5 Å². The van der Waals surface area contributed by atoms with E-state index in [0.29, 0.717) is 6.42 Å². The number of carbonyl (C=O) groups is 1. The number of aryl methyl sites for hydroxylation is 1. The number of halogens is 1. The van der Waals surface area contributed by atoms with E-state index in [9.17, 15) is 4.79 Å². The van der Waals surface area contributed by atoms with Crippen LogP contribution in [0.4, 0.5) is 5.69 Å². The number of nitrogens with two attached hydrogens (primary N) is 1. The van der Waals surface area contributed by atoms with Gasteiger partial charge in [0.25, 0.3) is 0 Å². The molecule has 0 saturated carbocycles. The van der Waals surface area contributed by atoms with Gasteiger partial charge in [0, 0.05) is 18.7 Å². The van der Waals surface area contributed by atoms with Crippen LogP contribution in [0.2, 0.25) is 0 Å². The van der Waals surface area contributed by atoms with Gasteiger partial charge in [-0.05, 0) is 42.5 Å². The van der Waals surface area contributed by atoms with E-state index >= 15 is 0 Å². The first-order valence-electron chi connectivity index (χ1n) is 7.64. The number of carbonyl (C=O) groups excluding carboxylic acids is 1. The minimum Gasteiger partial charge on any atom is -0.326 e. The second-order valence-corrected chi connectivity index (χ2v) is 5.29. The molecule has 124 valence electrons. The Morgan fingerprint density at radius 3 is 2.22 bits per heavy atom. The summed E-state index contributed by atoms with van der Waals surface area (Å²) in [4.78, 5) is 11.9. The second-order valence-electron chi connectivity index (χ2n) is 5.29. The smallest absolute Gasteiger partial charge is 0.224 e. The Labute approximate surface area is 143 Å². The molecule has 2 aromatic rings. The van der Waals surface area contributed by atoms with E-state index < -0.39 is 0 Å². The van der Waals surface area contributed by atoms with Crippen molar-refractivity contribution < 1.29 is 4.79 Å². The van der Waals surface area contributed by atoms with Crippen LogP contribution in [-0.2, 0) is 17.6 Å². The van der Waals surface area contributed by atoms with Crippen LogP contribution < -0.4 is 16.6 Å². The quantitative estimate of drug-likeness (QED) is 0.513. The van der Waals surface area contributed by atoms with Gasteiger partial charge in [-0.3, -0.25) is 16.1 Å². The van der Waals surface area contributed by atoms with Gasteiger partial charge >= 0.3 is 0 Å². The van der Waals surface area contributed by atoms with Gasteiger partial charge < -0.3 is 5.32 Å². The molecule has 0 aliphatic heterocycles. The largest absolute Gasteiger partial charge is 0.326 e. The molecule has 0 bridgehead atoms. The minimum absolute atomic E-state index is 0. The fourth-order valence-corrected chi connectivity index (χ4v) is 2.29. The summed E-state index contributed by atoms with van der Waals surface area (Å²) < 4.78 is 0. The van der Waals surface area contributed by atoms with Gasteiger partial charge in [-0.15, -0.1) is 12.4 Å². The van der Waals surface area contributed by atoms with Crippen molar-refractivity contribution in [3.8, 4) is 0 Å². The molecule has 0 aromatic heterocycles. The topological polar surface area (TPSA) is 67.2 Å². The molecule has 2 aromatic carbocycles. The first-order chi connectivity index (χ1) is 10.8. The van der Waals surface area contributed by atoms with Gasteiger partial charge in [0.2, 0.25) is 5.91 Å². The predicted octanol–water partition coefficient (Wildman–Crippen LogP) is 3.08. The number of nitrogens with one attached hydrogen (secondary N) is 2. The maximum atomic E-state index is 11.9. The number of rotatable bonds is 8. The fourth-order valence-electron chi connectivity index (χ4n) is 2.29. The molecular weight excluding hydrogens is 310 g/mol. The Hall–Kier alpha value is -1.88. The van der Waals surface area contributed by atoms with Crippen molar-refractivity contribution in [2.75, 3.05) is 11.9 Å². The molecule has 0 saturated heterocycles. The van der Waals surface area contributed by atoms with Gasteiger partial charge in [-0.1, -0.05) is 42.5 Å². The molecule has 0 radical (unpaired) electrons. The van der Waals surface area contributed by atoms with Gasteiger partial charge in [-0.2, -0.15) is 0 Å². The van der Waals surface area contributed by atoms with Crippen molar-refractivity contribution >= 4 is 24.0 Å². The monoisotopic (exact) mass is 333 g/mol. The molecule has 0 atom stereocenters. The van der Waals surface area contributed by atoms with Crippen molar-refractivity contribution in [1.29, 1.82) is 0 Å². The van der Waals surface area contributed by atoms with Crippen LogP contribution in [0.3, 0.4) is 0 Å². The molecule has 2 rings (SSSR count). The molecule has 0 spiro atoms. The van der Waals surface area contributed by atoms with Crippen molar-refractivity contribution in [2.24, 2.45) is 5.84 Å². The minimum atomic E-state index is 0. The molecule has 23 heavy (non-hydrogen) atoms. The molecular formula is C18H24ClN3O. The van der Waals surface area contributed by atoms with E-state index in [4.69, 9.17) is 5.84 Å². The van der Waals surface area contributed by atoms with Gasteiger partial charge in [-0.25, -0.2) is 0 Å². The number of hydrogen-bond acceptors (Lipinski definition) is 3. The number of anilines is 1. The Bertz CT molecular complexity index is 573. The highest BCUT2D eigenvalue weighted by molar-refractivity contribution is 5.90. The lowest BCUT2D eigenvalue weighted by molar-refractivity contribution is -0.116. The highest BCUT2D eigenvalue weighted by Crippen LogP contribution is 2.11. The number of amides is 1. The third kappa shape index (κ3) is 7.28. The zero-order valence-electron chi connectivity index (χ0n) is 13.1. The van der Waals surface area contributed by atoms with E-state index in [0.717, 1.165) is 31.5 Å².